The number of benzene rings is 1. The first-order valence-corrected chi connectivity index (χ1v) is 8.42. The van der Waals surface area contributed by atoms with Gasteiger partial charge in [-0.2, -0.15) is 0 Å². The van der Waals surface area contributed by atoms with E-state index in [2.05, 4.69) is 10.8 Å². The summed E-state index contributed by atoms with van der Waals surface area (Å²) in [6, 6.07) is 7.97. The van der Waals surface area contributed by atoms with E-state index >= 15 is 0 Å². The van der Waals surface area contributed by atoms with Crippen molar-refractivity contribution in [3.63, 3.8) is 0 Å². The van der Waals surface area contributed by atoms with Crippen LogP contribution in [0.15, 0.2) is 24.3 Å². The normalized spacial score (nSPS) is 20.8. The maximum absolute atomic E-state index is 12.3. The molecular weight excluding hydrogens is 260 g/mol. The topological polar surface area (TPSA) is 72.2 Å². The number of hydrogen-bond donors (Lipinski definition) is 2. The molecule has 3 N–H and O–H groups in total. The highest BCUT2D eigenvalue weighted by Crippen LogP contribution is 2.30. The van der Waals surface area contributed by atoms with Gasteiger partial charge in [0.15, 0.2) is 0 Å². The fraction of sp³-hybridized carbons (Fsp3) is 0.571. The molecule has 2 unspecified atom stereocenters. The van der Waals surface area contributed by atoms with Crippen LogP contribution in [-0.2, 0) is 16.4 Å². The van der Waals surface area contributed by atoms with Gasteiger partial charge in [-0.15, -0.1) is 0 Å². The van der Waals surface area contributed by atoms with Gasteiger partial charge in [0, 0.05) is 12.6 Å². The van der Waals surface area contributed by atoms with Gasteiger partial charge in [0.25, 0.3) is 0 Å². The van der Waals surface area contributed by atoms with Crippen molar-refractivity contribution in [1.29, 1.82) is 0 Å². The van der Waals surface area contributed by atoms with Gasteiger partial charge in [0.2, 0.25) is 10.0 Å². The summed E-state index contributed by atoms with van der Waals surface area (Å²) >= 11 is 0. The molecule has 0 saturated heterocycles. The molecule has 0 fully saturated rings. The highest BCUT2D eigenvalue weighted by molar-refractivity contribution is 7.90. The Labute approximate surface area is 115 Å². The van der Waals surface area contributed by atoms with Gasteiger partial charge >= 0.3 is 0 Å². The number of nitrogens with two attached hydrogens (primary N) is 1. The van der Waals surface area contributed by atoms with E-state index in [1.165, 1.54) is 5.56 Å². The maximum Gasteiger partial charge on any atom is 0.216 e. The average molecular weight is 282 g/mol. The third-order valence-corrected chi connectivity index (χ3v) is 5.85. The molecule has 106 valence electrons. The molecule has 2 rings (SSSR count). The smallest absolute Gasteiger partial charge is 0.216 e. The highest BCUT2D eigenvalue weighted by Gasteiger charge is 2.28. The molecule has 4 nitrogen and oxygen atoms in total. The molecule has 0 heterocycles. The molecule has 1 aliphatic carbocycles. The summed E-state index contributed by atoms with van der Waals surface area (Å²) in [6.07, 6.45) is 3.45. The molecule has 0 aromatic heterocycles. The third kappa shape index (κ3) is 3.16. The number of rotatable bonds is 5. The summed E-state index contributed by atoms with van der Waals surface area (Å²) in [6.45, 7) is 2.02. The second-order valence-corrected chi connectivity index (χ2v) is 7.06. The average Bonchev–Trinajstić information content (AvgIpc) is 2.40. The Morgan fingerprint density at radius 3 is 2.84 bits per heavy atom. The summed E-state index contributed by atoms with van der Waals surface area (Å²) in [5.41, 5.74) is 7.92. The van der Waals surface area contributed by atoms with Crippen molar-refractivity contribution in [2.45, 2.75) is 43.9 Å². The Morgan fingerprint density at radius 1 is 1.42 bits per heavy atom. The lowest BCUT2D eigenvalue weighted by atomic mass is 9.88. The highest BCUT2D eigenvalue weighted by atomic mass is 32.2. The molecule has 0 aliphatic heterocycles. The maximum atomic E-state index is 12.3. The number of nitrogens with one attached hydrogen (secondary N) is 1. The number of hydrogen-bond acceptors (Lipinski definition) is 3. The minimum absolute atomic E-state index is 0.101. The molecular formula is C14H22N2O2S. The summed E-state index contributed by atoms with van der Waals surface area (Å²) < 4.78 is 27.4. The molecule has 2 atom stereocenters. The van der Waals surface area contributed by atoms with Crippen molar-refractivity contribution in [2.24, 2.45) is 5.73 Å². The number of aryl methyl sites for hydroxylation is 1. The number of sulfonamides is 1. The first-order chi connectivity index (χ1) is 9.08. The van der Waals surface area contributed by atoms with Gasteiger partial charge in [-0.25, -0.2) is 13.1 Å². The Hall–Kier alpha value is -0.910. The van der Waals surface area contributed by atoms with E-state index in [0.29, 0.717) is 6.42 Å². The van der Waals surface area contributed by atoms with E-state index in [1.54, 1.807) is 0 Å². The van der Waals surface area contributed by atoms with Gasteiger partial charge in [-0.05, 0) is 36.8 Å². The van der Waals surface area contributed by atoms with Crippen LogP contribution in [0.4, 0.5) is 0 Å². The van der Waals surface area contributed by atoms with E-state index in [9.17, 15) is 8.42 Å². The van der Waals surface area contributed by atoms with Crippen LogP contribution in [0.5, 0.6) is 0 Å². The summed E-state index contributed by atoms with van der Waals surface area (Å²) in [4.78, 5) is 0. The minimum atomic E-state index is -3.34. The van der Waals surface area contributed by atoms with Crippen LogP contribution < -0.4 is 10.5 Å². The lowest BCUT2D eigenvalue weighted by Crippen LogP contribution is -2.41. The zero-order valence-electron chi connectivity index (χ0n) is 11.3. The Balaban J connectivity index is 2.21. The minimum Gasteiger partial charge on any atom is -0.329 e. The van der Waals surface area contributed by atoms with E-state index in [1.807, 2.05) is 25.1 Å². The standard InChI is InChI=1S/C14H22N2O2S/c1-2-12(10-15)19(17,18)16-14-9-5-7-11-6-3-4-8-13(11)14/h3-4,6,8,12,14,16H,2,5,7,9-10,15H2,1H3. The quantitative estimate of drug-likeness (QED) is 0.863. The molecule has 0 bridgehead atoms. The summed E-state index contributed by atoms with van der Waals surface area (Å²) in [5.74, 6) is 0. The Bertz CT molecular complexity index is 524. The summed E-state index contributed by atoms with van der Waals surface area (Å²) in [5, 5.41) is -0.499. The van der Waals surface area contributed by atoms with Crippen LogP contribution >= 0.6 is 0 Å². The lowest BCUT2D eigenvalue weighted by molar-refractivity contribution is 0.498. The van der Waals surface area contributed by atoms with Gasteiger partial charge in [0.05, 0.1) is 5.25 Å². The monoisotopic (exact) mass is 282 g/mol. The van der Waals surface area contributed by atoms with Gasteiger partial charge in [-0.3, -0.25) is 0 Å². The molecule has 0 saturated carbocycles. The van der Waals surface area contributed by atoms with E-state index in [0.717, 1.165) is 24.8 Å². The van der Waals surface area contributed by atoms with Crippen LogP contribution in [0.1, 0.15) is 43.4 Å². The predicted octanol–water partition coefficient (Wildman–Crippen LogP) is 1.72. The third-order valence-electron chi connectivity index (χ3n) is 3.83. The Kier molecular flexibility index (Phi) is 4.60. The summed E-state index contributed by atoms with van der Waals surface area (Å²) in [7, 11) is -3.34. The van der Waals surface area contributed by atoms with E-state index < -0.39 is 15.3 Å². The van der Waals surface area contributed by atoms with Crippen LogP contribution in [-0.4, -0.2) is 20.2 Å². The molecule has 0 amide bonds. The second kappa shape index (κ2) is 6.03. The molecule has 0 spiro atoms. The SMILES string of the molecule is CCC(CN)S(=O)(=O)NC1CCCc2ccccc21. The zero-order valence-corrected chi connectivity index (χ0v) is 12.1. The molecule has 19 heavy (non-hydrogen) atoms. The lowest BCUT2D eigenvalue weighted by Gasteiger charge is -2.27. The van der Waals surface area contributed by atoms with Crippen molar-refractivity contribution in [3.05, 3.63) is 35.4 Å². The van der Waals surface area contributed by atoms with Gasteiger partial charge in [0.1, 0.15) is 0 Å². The van der Waals surface area contributed by atoms with Crippen molar-refractivity contribution < 1.29 is 8.42 Å². The van der Waals surface area contributed by atoms with Gasteiger partial charge in [-0.1, -0.05) is 31.2 Å². The van der Waals surface area contributed by atoms with Gasteiger partial charge < -0.3 is 5.73 Å². The fourth-order valence-electron chi connectivity index (χ4n) is 2.68. The molecule has 1 aromatic rings. The fourth-order valence-corrected chi connectivity index (χ4v) is 4.21. The molecule has 0 radical (unpaired) electrons. The van der Waals surface area contributed by atoms with Crippen molar-refractivity contribution in [3.8, 4) is 0 Å². The van der Waals surface area contributed by atoms with E-state index in [4.69, 9.17) is 5.73 Å². The second-order valence-electron chi connectivity index (χ2n) is 5.07. The first-order valence-electron chi connectivity index (χ1n) is 6.87. The van der Waals surface area contributed by atoms with Crippen LogP contribution in [0.25, 0.3) is 0 Å². The van der Waals surface area contributed by atoms with Crippen molar-refractivity contribution in [2.75, 3.05) is 6.54 Å². The largest absolute Gasteiger partial charge is 0.329 e. The first kappa shape index (κ1) is 14.5. The molecule has 5 heteroatoms. The predicted molar refractivity (Wildman–Crippen MR) is 77.3 cm³/mol. The number of fused-ring (bicyclic) bond motifs is 1. The van der Waals surface area contributed by atoms with Crippen molar-refractivity contribution in [1.82, 2.24) is 4.72 Å². The molecule has 1 aliphatic rings. The van der Waals surface area contributed by atoms with Crippen LogP contribution in [0, 0.1) is 0 Å². The van der Waals surface area contributed by atoms with Crippen molar-refractivity contribution >= 4 is 10.0 Å². The Morgan fingerprint density at radius 2 is 2.16 bits per heavy atom. The zero-order chi connectivity index (χ0) is 13.9. The van der Waals surface area contributed by atoms with Crippen LogP contribution in [0.3, 0.4) is 0 Å². The van der Waals surface area contributed by atoms with E-state index in [-0.39, 0.29) is 12.6 Å². The van der Waals surface area contributed by atoms with Crippen LogP contribution in [0.2, 0.25) is 0 Å². The molecule has 1 aromatic carbocycles.